The molecule has 1 aliphatic heterocycles. The van der Waals surface area contributed by atoms with Crippen LogP contribution in [0, 0.1) is 0 Å². The fourth-order valence-electron chi connectivity index (χ4n) is 3.05. The first kappa shape index (κ1) is 17.4. The number of carbonyl (C=O) groups is 3. The number of nitrogens with two attached hydrogens (primary N) is 1. The third-order valence-corrected chi connectivity index (χ3v) is 4.42. The maximum absolute atomic E-state index is 12.8. The average Bonchev–Trinajstić information content (AvgIpc) is 2.99. The predicted octanol–water partition coefficient (Wildman–Crippen LogP) is 3.26. The zero-order valence-electron chi connectivity index (χ0n) is 14.6. The monoisotopic (exact) mass is 373 g/mol. The lowest BCUT2D eigenvalue weighted by atomic mass is 10.1. The second kappa shape index (κ2) is 6.98. The van der Waals surface area contributed by atoms with Crippen molar-refractivity contribution >= 4 is 34.8 Å². The molecule has 3 aromatic carbocycles. The van der Waals surface area contributed by atoms with E-state index in [0.29, 0.717) is 5.69 Å². The molecular weight excluding hydrogens is 358 g/mol. The Morgan fingerprint density at radius 2 is 1.46 bits per heavy atom. The molecule has 2 amide bonds. The summed E-state index contributed by atoms with van der Waals surface area (Å²) in [5.74, 6) is 3.15. The number of carbonyl (C=O) groups excluding carboxylic acids is 3. The van der Waals surface area contributed by atoms with Crippen LogP contribution in [0.4, 0.5) is 17.1 Å². The van der Waals surface area contributed by atoms with E-state index in [2.05, 4.69) is 10.2 Å². The zero-order valence-corrected chi connectivity index (χ0v) is 14.6. The Hall–Kier alpha value is -3.97. The van der Waals surface area contributed by atoms with E-state index in [9.17, 15) is 14.4 Å². The molecule has 0 fully saturated rings. The summed E-state index contributed by atoms with van der Waals surface area (Å²) in [4.78, 5) is 42.3. The molecule has 0 unspecified atom stereocenters. The molecule has 0 spiro atoms. The summed E-state index contributed by atoms with van der Waals surface area (Å²) in [6, 6.07) is 20.7. The Morgan fingerprint density at radius 3 is 2.14 bits per heavy atom. The maximum atomic E-state index is 12.8. The van der Waals surface area contributed by atoms with E-state index >= 15 is 0 Å². The number of para-hydroxylation sites is 1. The van der Waals surface area contributed by atoms with Crippen LogP contribution in [0.25, 0.3) is 0 Å². The van der Waals surface area contributed by atoms with E-state index in [1.165, 1.54) is 18.2 Å². The van der Waals surface area contributed by atoms with Crippen LogP contribution in [0.5, 0.6) is 0 Å². The van der Waals surface area contributed by atoms with E-state index in [-0.39, 0.29) is 16.7 Å². The zero-order chi connectivity index (χ0) is 19.7. The Morgan fingerprint density at radius 1 is 0.821 bits per heavy atom. The summed E-state index contributed by atoms with van der Waals surface area (Å²) < 4.78 is 0. The van der Waals surface area contributed by atoms with Gasteiger partial charge in [0.05, 0.1) is 22.4 Å². The van der Waals surface area contributed by atoms with Crippen molar-refractivity contribution in [1.82, 2.24) is 0 Å². The number of nitrogens with one attached hydrogen (secondary N) is 1. The first-order chi connectivity index (χ1) is 13.6. The van der Waals surface area contributed by atoms with Gasteiger partial charge < -0.3 is 10.2 Å². The number of hydrogen-bond donors (Lipinski definition) is 2. The lowest BCUT2D eigenvalue weighted by molar-refractivity contribution is 0.0503. The quantitative estimate of drug-likeness (QED) is 0.538. The molecular formula is C21H15N3O4. The molecule has 7 heteroatoms. The van der Waals surface area contributed by atoms with Gasteiger partial charge in [-0.3, -0.25) is 9.59 Å². The topological polar surface area (TPSA) is 102 Å². The summed E-state index contributed by atoms with van der Waals surface area (Å²) in [6.07, 6.45) is 0. The van der Waals surface area contributed by atoms with Crippen LogP contribution < -0.4 is 16.1 Å². The van der Waals surface area contributed by atoms with Gasteiger partial charge in [0.1, 0.15) is 0 Å². The first-order valence-corrected chi connectivity index (χ1v) is 8.44. The SMILES string of the molecule is NOC(=O)c1ccc2c(c1)C(=O)N(c1ccc(Nc3ccccc3)cc1)C2=O. The third kappa shape index (κ3) is 3.00. The molecule has 0 saturated heterocycles. The summed E-state index contributed by atoms with van der Waals surface area (Å²) in [5.41, 5.74) is 2.65. The minimum absolute atomic E-state index is 0.103. The van der Waals surface area contributed by atoms with Crippen molar-refractivity contribution in [3.8, 4) is 0 Å². The molecule has 0 atom stereocenters. The van der Waals surface area contributed by atoms with Crippen molar-refractivity contribution in [2.24, 2.45) is 5.90 Å². The van der Waals surface area contributed by atoms with Gasteiger partial charge in [-0.2, -0.15) is 5.90 Å². The lowest BCUT2D eigenvalue weighted by Crippen LogP contribution is -2.29. The van der Waals surface area contributed by atoms with Gasteiger partial charge in [0.15, 0.2) is 0 Å². The second-order valence-electron chi connectivity index (χ2n) is 6.15. The molecule has 0 aromatic heterocycles. The number of imide groups is 1. The average molecular weight is 373 g/mol. The molecule has 1 aliphatic rings. The molecule has 4 rings (SSSR count). The molecule has 1 heterocycles. The number of nitrogens with zero attached hydrogens (tertiary/aromatic N) is 1. The van der Waals surface area contributed by atoms with E-state index in [4.69, 9.17) is 5.90 Å². The molecule has 3 N–H and O–H groups in total. The fourth-order valence-corrected chi connectivity index (χ4v) is 3.05. The van der Waals surface area contributed by atoms with E-state index < -0.39 is 17.8 Å². The maximum Gasteiger partial charge on any atom is 0.356 e. The van der Waals surface area contributed by atoms with Crippen LogP contribution in [0.15, 0.2) is 72.8 Å². The van der Waals surface area contributed by atoms with Crippen molar-refractivity contribution in [2.75, 3.05) is 10.2 Å². The molecule has 7 nitrogen and oxygen atoms in total. The summed E-state index contributed by atoms with van der Waals surface area (Å²) in [6.45, 7) is 0. The van der Waals surface area contributed by atoms with Crippen LogP contribution in [0.3, 0.4) is 0 Å². The Balaban J connectivity index is 1.60. The largest absolute Gasteiger partial charge is 0.370 e. The highest BCUT2D eigenvalue weighted by Crippen LogP contribution is 2.30. The summed E-state index contributed by atoms with van der Waals surface area (Å²) in [5, 5.41) is 3.24. The van der Waals surface area contributed by atoms with Gasteiger partial charge >= 0.3 is 5.97 Å². The second-order valence-corrected chi connectivity index (χ2v) is 6.15. The van der Waals surface area contributed by atoms with Gasteiger partial charge in [0.25, 0.3) is 11.8 Å². The van der Waals surface area contributed by atoms with E-state index in [1.54, 1.807) is 24.3 Å². The molecule has 28 heavy (non-hydrogen) atoms. The lowest BCUT2D eigenvalue weighted by Gasteiger charge is -2.15. The van der Waals surface area contributed by atoms with Gasteiger partial charge in [-0.05, 0) is 54.6 Å². The highest BCUT2D eigenvalue weighted by atomic mass is 16.7. The van der Waals surface area contributed by atoms with Crippen molar-refractivity contribution in [3.63, 3.8) is 0 Å². The molecule has 0 bridgehead atoms. The van der Waals surface area contributed by atoms with E-state index in [0.717, 1.165) is 16.3 Å². The summed E-state index contributed by atoms with van der Waals surface area (Å²) in [7, 11) is 0. The van der Waals surface area contributed by atoms with Crippen LogP contribution >= 0.6 is 0 Å². The Bertz CT molecular complexity index is 1080. The number of benzene rings is 3. The van der Waals surface area contributed by atoms with Crippen LogP contribution in [0.1, 0.15) is 31.1 Å². The summed E-state index contributed by atoms with van der Waals surface area (Å²) >= 11 is 0. The number of hydrogen-bond acceptors (Lipinski definition) is 6. The Kier molecular flexibility index (Phi) is 4.35. The van der Waals surface area contributed by atoms with Crippen LogP contribution in [-0.2, 0) is 4.84 Å². The van der Waals surface area contributed by atoms with Gasteiger partial charge in [0, 0.05) is 11.4 Å². The van der Waals surface area contributed by atoms with Crippen molar-refractivity contribution in [1.29, 1.82) is 0 Å². The number of rotatable bonds is 4. The van der Waals surface area contributed by atoms with Crippen LogP contribution in [-0.4, -0.2) is 17.8 Å². The number of fused-ring (bicyclic) bond motifs is 1. The molecule has 0 saturated carbocycles. The van der Waals surface area contributed by atoms with Crippen LogP contribution in [0.2, 0.25) is 0 Å². The van der Waals surface area contributed by atoms with Crippen molar-refractivity contribution < 1.29 is 19.2 Å². The number of amides is 2. The highest BCUT2D eigenvalue weighted by molar-refractivity contribution is 6.34. The molecule has 138 valence electrons. The minimum Gasteiger partial charge on any atom is -0.370 e. The van der Waals surface area contributed by atoms with Crippen molar-refractivity contribution in [2.45, 2.75) is 0 Å². The molecule has 0 aliphatic carbocycles. The number of anilines is 3. The van der Waals surface area contributed by atoms with Gasteiger partial charge in [-0.1, -0.05) is 18.2 Å². The third-order valence-electron chi connectivity index (χ3n) is 4.42. The van der Waals surface area contributed by atoms with Crippen molar-refractivity contribution in [3.05, 3.63) is 89.5 Å². The van der Waals surface area contributed by atoms with Gasteiger partial charge in [-0.25, -0.2) is 9.69 Å². The highest BCUT2D eigenvalue weighted by Gasteiger charge is 2.37. The smallest absolute Gasteiger partial charge is 0.356 e. The normalized spacial score (nSPS) is 12.7. The predicted molar refractivity (Wildman–Crippen MR) is 103 cm³/mol. The first-order valence-electron chi connectivity index (χ1n) is 8.44. The molecule has 0 radical (unpaired) electrons. The van der Waals surface area contributed by atoms with Gasteiger partial charge in [-0.15, -0.1) is 0 Å². The Labute approximate surface area is 160 Å². The minimum atomic E-state index is -0.780. The van der Waals surface area contributed by atoms with Gasteiger partial charge in [0.2, 0.25) is 0 Å². The van der Waals surface area contributed by atoms with E-state index in [1.807, 2.05) is 30.3 Å². The molecule has 3 aromatic rings. The fraction of sp³-hybridized carbons (Fsp3) is 0. The standard InChI is InChI=1S/C21H15N3O4/c22-28-21(27)13-6-11-17-18(12-13)20(26)24(19(17)25)16-9-7-15(8-10-16)23-14-4-2-1-3-5-14/h1-12,23H,22H2.